The summed E-state index contributed by atoms with van der Waals surface area (Å²) in [6.45, 7) is 12.0. The van der Waals surface area contributed by atoms with Crippen molar-refractivity contribution in [2.24, 2.45) is 0 Å². The molecular formula is C23H31NO2. The molecule has 0 amide bonds. The van der Waals surface area contributed by atoms with Crippen LogP contribution in [0.3, 0.4) is 0 Å². The first-order chi connectivity index (χ1) is 12.3. The molecule has 1 aliphatic rings. The lowest BCUT2D eigenvalue weighted by Crippen LogP contribution is -2.36. The third kappa shape index (κ3) is 4.87. The van der Waals surface area contributed by atoms with Crippen molar-refractivity contribution in [2.75, 3.05) is 18.6 Å². The van der Waals surface area contributed by atoms with Crippen LogP contribution < -0.4 is 4.90 Å². The standard InChI is InChI=1S/C23H31NO2/c1-16(2)24-13-12-19(5)21-15-20(10-11-22(21)24)18(4)9-7-8-17(3)14-23(25)26-6/h7-11,14-16,19H,12-13H2,1-6H3. The fourth-order valence-electron chi connectivity index (χ4n) is 3.33. The molecule has 0 aromatic heterocycles. The van der Waals surface area contributed by atoms with E-state index in [4.69, 9.17) is 0 Å². The predicted molar refractivity (Wildman–Crippen MR) is 111 cm³/mol. The van der Waals surface area contributed by atoms with Gasteiger partial charge in [0, 0.05) is 24.4 Å². The van der Waals surface area contributed by atoms with Crippen molar-refractivity contribution in [1.29, 1.82) is 0 Å². The Morgan fingerprint density at radius 1 is 1.31 bits per heavy atom. The Bertz CT molecular complexity index is 741. The van der Waals surface area contributed by atoms with Crippen LogP contribution in [0, 0.1) is 0 Å². The number of rotatable bonds is 5. The van der Waals surface area contributed by atoms with Gasteiger partial charge < -0.3 is 9.64 Å². The van der Waals surface area contributed by atoms with Gasteiger partial charge in [-0.3, -0.25) is 0 Å². The van der Waals surface area contributed by atoms with Crippen LogP contribution in [-0.4, -0.2) is 25.7 Å². The van der Waals surface area contributed by atoms with E-state index in [0.717, 1.165) is 12.1 Å². The molecule has 1 heterocycles. The van der Waals surface area contributed by atoms with Crippen molar-refractivity contribution in [3.8, 4) is 0 Å². The Morgan fingerprint density at radius 3 is 2.69 bits per heavy atom. The smallest absolute Gasteiger partial charge is 0.330 e. The fraction of sp³-hybridized carbons (Fsp3) is 0.435. The Labute approximate surface area is 158 Å². The van der Waals surface area contributed by atoms with Gasteiger partial charge in [-0.1, -0.05) is 31.2 Å². The highest BCUT2D eigenvalue weighted by atomic mass is 16.5. The van der Waals surface area contributed by atoms with Gasteiger partial charge in [0.05, 0.1) is 7.11 Å². The molecule has 1 aromatic carbocycles. The van der Waals surface area contributed by atoms with E-state index in [2.05, 4.69) is 61.6 Å². The monoisotopic (exact) mass is 353 g/mol. The minimum absolute atomic E-state index is 0.328. The Kier molecular flexibility index (Phi) is 6.84. The van der Waals surface area contributed by atoms with Crippen LogP contribution in [-0.2, 0) is 9.53 Å². The van der Waals surface area contributed by atoms with Crippen LogP contribution in [0.1, 0.15) is 58.1 Å². The van der Waals surface area contributed by atoms with Crippen molar-refractivity contribution >= 4 is 17.2 Å². The zero-order valence-electron chi connectivity index (χ0n) is 16.9. The number of carbonyl (C=O) groups is 1. The minimum Gasteiger partial charge on any atom is -0.466 e. The highest BCUT2D eigenvalue weighted by Gasteiger charge is 2.24. The van der Waals surface area contributed by atoms with Crippen molar-refractivity contribution in [2.45, 2.75) is 53.0 Å². The van der Waals surface area contributed by atoms with E-state index in [1.54, 1.807) is 0 Å². The Balaban J connectivity index is 2.22. The molecule has 0 fully saturated rings. The molecule has 0 aliphatic carbocycles. The van der Waals surface area contributed by atoms with Gasteiger partial charge in [-0.05, 0) is 74.4 Å². The van der Waals surface area contributed by atoms with E-state index in [1.807, 2.05) is 19.1 Å². The maximum absolute atomic E-state index is 11.2. The molecule has 0 saturated heterocycles. The zero-order chi connectivity index (χ0) is 19.3. The quantitative estimate of drug-likeness (QED) is 0.398. The van der Waals surface area contributed by atoms with E-state index in [0.29, 0.717) is 12.0 Å². The number of benzene rings is 1. The summed E-state index contributed by atoms with van der Waals surface area (Å²) in [4.78, 5) is 13.7. The summed E-state index contributed by atoms with van der Waals surface area (Å²) in [6, 6.07) is 7.34. The average molecular weight is 354 g/mol. The van der Waals surface area contributed by atoms with E-state index in [9.17, 15) is 4.79 Å². The molecule has 0 N–H and O–H groups in total. The van der Waals surface area contributed by atoms with Crippen LogP contribution in [0.4, 0.5) is 5.69 Å². The van der Waals surface area contributed by atoms with Crippen molar-refractivity contribution in [3.05, 3.63) is 59.2 Å². The highest BCUT2D eigenvalue weighted by molar-refractivity contribution is 5.83. The van der Waals surface area contributed by atoms with Gasteiger partial charge in [0.1, 0.15) is 0 Å². The molecule has 0 radical (unpaired) electrons. The van der Waals surface area contributed by atoms with Crippen LogP contribution in [0.5, 0.6) is 0 Å². The third-order valence-electron chi connectivity index (χ3n) is 5.00. The van der Waals surface area contributed by atoms with Gasteiger partial charge >= 0.3 is 5.97 Å². The van der Waals surface area contributed by atoms with E-state index < -0.39 is 0 Å². The molecule has 2 rings (SSSR count). The van der Waals surface area contributed by atoms with E-state index >= 15 is 0 Å². The second-order valence-corrected chi connectivity index (χ2v) is 7.37. The van der Waals surface area contributed by atoms with Gasteiger partial charge in [0.2, 0.25) is 0 Å². The number of methoxy groups -OCH3 is 1. The first kappa shape index (κ1) is 20.0. The first-order valence-corrected chi connectivity index (χ1v) is 9.35. The summed E-state index contributed by atoms with van der Waals surface area (Å²) in [5.41, 5.74) is 6.15. The highest BCUT2D eigenvalue weighted by Crippen LogP contribution is 2.37. The van der Waals surface area contributed by atoms with Crippen LogP contribution in [0.25, 0.3) is 5.57 Å². The van der Waals surface area contributed by atoms with Crippen LogP contribution in [0.15, 0.2) is 48.1 Å². The summed E-state index contributed by atoms with van der Waals surface area (Å²) in [5, 5.41) is 0. The average Bonchev–Trinajstić information content (AvgIpc) is 2.61. The molecule has 1 unspecified atom stereocenters. The Morgan fingerprint density at radius 2 is 2.04 bits per heavy atom. The first-order valence-electron chi connectivity index (χ1n) is 9.35. The summed E-state index contributed by atoms with van der Waals surface area (Å²) in [7, 11) is 1.39. The molecular weight excluding hydrogens is 322 g/mol. The lowest BCUT2D eigenvalue weighted by atomic mass is 9.88. The zero-order valence-corrected chi connectivity index (χ0v) is 16.9. The number of nitrogens with zero attached hydrogens (tertiary/aromatic N) is 1. The molecule has 1 atom stereocenters. The SMILES string of the molecule is COC(=O)C=C(C)C=CC=C(C)c1ccc2c(c1)C(C)CCN2C(C)C. The molecule has 26 heavy (non-hydrogen) atoms. The topological polar surface area (TPSA) is 29.5 Å². The maximum Gasteiger partial charge on any atom is 0.330 e. The normalized spacial score (nSPS) is 18.4. The molecule has 140 valence electrons. The van der Waals surface area contributed by atoms with Gasteiger partial charge in [-0.15, -0.1) is 0 Å². The molecule has 0 bridgehead atoms. The number of anilines is 1. The summed E-state index contributed by atoms with van der Waals surface area (Å²) in [5.74, 6) is 0.264. The lowest BCUT2D eigenvalue weighted by Gasteiger charge is -2.37. The molecule has 3 nitrogen and oxygen atoms in total. The van der Waals surface area contributed by atoms with E-state index in [-0.39, 0.29) is 5.97 Å². The molecule has 1 aromatic rings. The summed E-state index contributed by atoms with van der Waals surface area (Å²) >= 11 is 0. The van der Waals surface area contributed by atoms with Crippen molar-refractivity contribution < 1.29 is 9.53 Å². The number of fused-ring (bicyclic) bond motifs is 1. The number of carbonyl (C=O) groups excluding carboxylic acids is 1. The van der Waals surface area contributed by atoms with Gasteiger partial charge in [-0.2, -0.15) is 0 Å². The number of hydrogen-bond acceptors (Lipinski definition) is 3. The maximum atomic E-state index is 11.2. The van der Waals surface area contributed by atoms with Gasteiger partial charge in [0.15, 0.2) is 0 Å². The molecule has 0 spiro atoms. The molecule has 3 heteroatoms. The number of ether oxygens (including phenoxy) is 1. The second kappa shape index (κ2) is 8.88. The third-order valence-corrected chi connectivity index (χ3v) is 5.00. The summed E-state index contributed by atoms with van der Waals surface area (Å²) in [6.07, 6.45) is 8.68. The predicted octanol–water partition coefficient (Wildman–Crippen LogP) is 5.49. The van der Waals surface area contributed by atoms with E-state index in [1.165, 1.54) is 42.0 Å². The number of allylic oxidation sites excluding steroid dienone is 5. The lowest BCUT2D eigenvalue weighted by molar-refractivity contribution is -0.134. The second-order valence-electron chi connectivity index (χ2n) is 7.37. The fourth-order valence-corrected chi connectivity index (χ4v) is 3.33. The number of esters is 1. The van der Waals surface area contributed by atoms with Gasteiger partial charge in [-0.25, -0.2) is 4.79 Å². The van der Waals surface area contributed by atoms with Crippen LogP contribution in [0.2, 0.25) is 0 Å². The van der Waals surface area contributed by atoms with Crippen molar-refractivity contribution in [3.63, 3.8) is 0 Å². The molecule has 1 aliphatic heterocycles. The minimum atomic E-state index is -0.328. The van der Waals surface area contributed by atoms with Crippen molar-refractivity contribution in [1.82, 2.24) is 0 Å². The molecule has 0 saturated carbocycles. The van der Waals surface area contributed by atoms with Crippen LogP contribution >= 0.6 is 0 Å². The largest absolute Gasteiger partial charge is 0.466 e. The Hall–Kier alpha value is -2.29. The summed E-state index contributed by atoms with van der Waals surface area (Å²) < 4.78 is 4.64. The van der Waals surface area contributed by atoms with Gasteiger partial charge in [0.25, 0.3) is 0 Å². The number of hydrogen-bond donors (Lipinski definition) is 0.